The van der Waals surface area contributed by atoms with Gasteiger partial charge in [-0.1, -0.05) is 12.1 Å². The fourth-order valence-corrected chi connectivity index (χ4v) is 5.63. The maximum Gasteiger partial charge on any atom is 0.233 e. The second kappa shape index (κ2) is 3.50. The second-order valence-corrected chi connectivity index (χ2v) is 7.26. The van der Waals surface area contributed by atoms with Crippen LogP contribution < -0.4 is 4.90 Å². The lowest BCUT2D eigenvalue weighted by molar-refractivity contribution is -0.131. The zero-order valence-corrected chi connectivity index (χ0v) is 12.2. The van der Waals surface area contributed by atoms with Crippen LogP contribution >= 0.6 is 0 Å². The summed E-state index contributed by atoms with van der Waals surface area (Å²) < 4.78 is 6.26. The van der Waals surface area contributed by atoms with Crippen molar-refractivity contribution < 1.29 is 14.6 Å². The zero-order chi connectivity index (χ0) is 14.5. The first-order valence-corrected chi connectivity index (χ1v) is 7.79. The molecule has 4 nitrogen and oxygen atoms in total. The van der Waals surface area contributed by atoms with Crippen molar-refractivity contribution in [3.8, 4) is 0 Å². The van der Waals surface area contributed by atoms with Gasteiger partial charge in [0.1, 0.15) is 5.72 Å². The van der Waals surface area contributed by atoms with Crippen molar-refractivity contribution in [2.45, 2.75) is 38.2 Å². The monoisotopic (exact) mass is 285 g/mol. The number of aliphatic hydroxyl groups is 1. The van der Waals surface area contributed by atoms with E-state index in [4.69, 9.17) is 4.74 Å². The number of amides is 1. The molecule has 2 bridgehead atoms. The third-order valence-corrected chi connectivity index (χ3v) is 6.25. The summed E-state index contributed by atoms with van der Waals surface area (Å²) >= 11 is 0. The SMILES string of the molecule is Cc1cccc(N2C(=O)C3C4CC5C(OC2(C)C53)C4O)c1. The normalized spacial score (nSPS) is 49.5. The first-order valence-electron chi connectivity index (χ1n) is 7.79. The minimum absolute atomic E-state index is 0.0609. The van der Waals surface area contributed by atoms with E-state index >= 15 is 0 Å². The summed E-state index contributed by atoms with van der Waals surface area (Å²) in [6, 6.07) is 8.04. The second-order valence-electron chi connectivity index (χ2n) is 7.26. The molecule has 0 radical (unpaired) electrons. The molecule has 7 atom stereocenters. The number of rotatable bonds is 1. The highest BCUT2D eigenvalue weighted by atomic mass is 16.6. The number of hydrogen-bond acceptors (Lipinski definition) is 3. The first-order chi connectivity index (χ1) is 10.0. The van der Waals surface area contributed by atoms with Crippen LogP contribution in [0.25, 0.3) is 0 Å². The van der Waals surface area contributed by atoms with Crippen molar-refractivity contribution in [3.63, 3.8) is 0 Å². The zero-order valence-electron chi connectivity index (χ0n) is 12.2. The van der Waals surface area contributed by atoms with E-state index in [0.717, 1.165) is 17.7 Å². The van der Waals surface area contributed by atoms with Crippen LogP contribution in [0.3, 0.4) is 0 Å². The van der Waals surface area contributed by atoms with Gasteiger partial charge in [-0.3, -0.25) is 9.69 Å². The van der Waals surface area contributed by atoms with Gasteiger partial charge in [-0.2, -0.15) is 0 Å². The fraction of sp³-hybridized carbons (Fsp3) is 0.588. The Morgan fingerprint density at radius 2 is 2.19 bits per heavy atom. The fourth-order valence-electron chi connectivity index (χ4n) is 5.63. The molecule has 1 amide bonds. The van der Waals surface area contributed by atoms with E-state index in [2.05, 4.69) is 0 Å². The molecule has 110 valence electrons. The Hall–Kier alpha value is -1.39. The number of carbonyl (C=O) groups excluding carboxylic acids is 1. The Kier molecular flexibility index (Phi) is 2.03. The molecule has 4 aliphatic rings. The predicted molar refractivity (Wildman–Crippen MR) is 76.5 cm³/mol. The molecule has 2 heterocycles. The first kappa shape index (κ1) is 12.2. The molecule has 2 saturated heterocycles. The van der Waals surface area contributed by atoms with Gasteiger partial charge in [0, 0.05) is 11.6 Å². The number of anilines is 1. The molecule has 2 aliphatic heterocycles. The Balaban J connectivity index is 1.66. The third-order valence-electron chi connectivity index (χ3n) is 6.25. The predicted octanol–water partition coefficient (Wildman–Crippen LogP) is 1.70. The van der Waals surface area contributed by atoms with Crippen LogP contribution in [0.5, 0.6) is 0 Å². The molecule has 1 aromatic carbocycles. The molecular formula is C17H19NO3. The van der Waals surface area contributed by atoms with Gasteiger partial charge in [-0.25, -0.2) is 0 Å². The molecule has 5 rings (SSSR count). The number of ether oxygens (including phenoxy) is 1. The Morgan fingerprint density at radius 1 is 1.38 bits per heavy atom. The highest BCUT2D eigenvalue weighted by molar-refractivity contribution is 6.00. The molecule has 4 heteroatoms. The van der Waals surface area contributed by atoms with E-state index in [1.54, 1.807) is 0 Å². The summed E-state index contributed by atoms with van der Waals surface area (Å²) in [4.78, 5) is 14.9. The van der Waals surface area contributed by atoms with Crippen molar-refractivity contribution in [1.29, 1.82) is 0 Å². The summed E-state index contributed by atoms with van der Waals surface area (Å²) in [6.07, 6.45) is 0.410. The van der Waals surface area contributed by atoms with Crippen LogP contribution in [0, 0.1) is 30.6 Å². The van der Waals surface area contributed by atoms with Crippen molar-refractivity contribution in [2.24, 2.45) is 23.7 Å². The highest BCUT2D eigenvalue weighted by Crippen LogP contribution is 2.67. The quantitative estimate of drug-likeness (QED) is 0.854. The number of aliphatic hydroxyl groups excluding tert-OH is 1. The van der Waals surface area contributed by atoms with E-state index < -0.39 is 11.8 Å². The highest BCUT2D eigenvalue weighted by Gasteiger charge is 2.77. The number of benzene rings is 1. The third kappa shape index (κ3) is 1.19. The molecule has 4 fully saturated rings. The van der Waals surface area contributed by atoms with Crippen LogP contribution in [0.2, 0.25) is 0 Å². The van der Waals surface area contributed by atoms with Gasteiger partial charge in [0.25, 0.3) is 0 Å². The van der Waals surface area contributed by atoms with Gasteiger partial charge in [-0.15, -0.1) is 0 Å². The van der Waals surface area contributed by atoms with Crippen LogP contribution in [0.4, 0.5) is 5.69 Å². The van der Waals surface area contributed by atoms with Crippen LogP contribution in [0.15, 0.2) is 24.3 Å². The van der Waals surface area contributed by atoms with Crippen molar-refractivity contribution >= 4 is 11.6 Å². The van der Waals surface area contributed by atoms with Gasteiger partial charge >= 0.3 is 0 Å². The Morgan fingerprint density at radius 3 is 2.95 bits per heavy atom. The lowest BCUT2D eigenvalue weighted by Gasteiger charge is -2.36. The summed E-state index contributed by atoms with van der Waals surface area (Å²) in [5.74, 6) is 0.754. The van der Waals surface area contributed by atoms with Crippen molar-refractivity contribution in [3.05, 3.63) is 29.8 Å². The smallest absolute Gasteiger partial charge is 0.233 e. The summed E-state index contributed by atoms with van der Waals surface area (Å²) in [7, 11) is 0. The molecule has 2 saturated carbocycles. The maximum atomic E-state index is 13.0. The van der Waals surface area contributed by atoms with Crippen molar-refractivity contribution in [2.75, 3.05) is 4.90 Å². The van der Waals surface area contributed by atoms with Gasteiger partial charge in [0.15, 0.2) is 0 Å². The maximum absolute atomic E-state index is 13.0. The number of aryl methyl sites for hydroxylation is 1. The van der Waals surface area contributed by atoms with Crippen LogP contribution in [-0.2, 0) is 9.53 Å². The van der Waals surface area contributed by atoms with E-state index in [1.807, 2.05) is 43.0 Å². The molecule has 0 aromatic heterocycles. The molecule has 0 spiro atoms. The van der Waals surface area contributed by atoms with E-state index in [9.17, 15) is 9.90 Å². The summed E-state index contributed by atoms with van der Waals surface area (Å²) in [5.41, 5.74) is 1.48. The average molecular weight is 285 g/mol. The lowest BCUT2D eigenvalue weighted by Crippen LogP contribution is -2.49. The molecule has 1 aromatic rings. The minimum Gasteiger partial charge on any atom is -0.390 e. The topological polar surface area (TPSA) is 49.8 Å². The molecule has 2 aliphatic carbocycles. The van der Waals surface area contributed by atoms with Gasteiger partial charge in [0.2, 0.25) is 5.91 Å². The standard InChI is InChI=1S/C17H19NO3/c1-8-4-3-5-9(6-8)18-16(20)12-10-7-11-13(12)17(18,2)21-15(11)14(10)19/h3-6,10-15,19H,7H2,1-2H3. The molecule has 21 heavy (non-hydrogen) atoms. The van der Waals surface area contributed by atoms with Crippen molar-refractivity contribution in [1.82, 2.24) is 0 Å². The number of nitrogens with zero attached hydrogens (tertiary/aromatic N) is 1. The minimum atomic E-state index is -0.586. The Bertz CT molecular complexity index is 659. The van der Waals surface area contributed by atoms with E-state index in [1.165, 1.54) is 0 Å². The van der Waals surface area contributed by atoms with E-state index in [0.29, 0.717) is 5.92 Å². The lowest BCUT2D eigenvalue weighted by atomic mass is 9.77. The number of fused-ring (bicyclic) bond motifs is 2. The molecular weight excluding hydrogens is 266 g/mol. The van der Waals surface area contributed by atoms with Crippen LogP contribution in [-0.4, -0.2) is 28.9 Å². The molecule has 7 unspecified atom stereocenters. The van der Waals surface area contributed by atoms with Gasteiger partial charge in [-0.05, 0) is 49.8 Å². The van der Waals surface area contributed by atoms with E-state index in [-0.39, 0.29) is 29.8 Å². The van der Waals surface area contributed by atoms with Gasteiger partial charge < -0.3 is 9.84 Å². The largest absolute Gasteiger partial charge is 0.390 e. The summed E-state index contributed by atoms with van der Waals surface area (Å²) in [6.45, 7) is 4.07. The Labute approximate surface area is 123 Å². The number of carbonyl (C=O) groups is 1. The number of hydrogen-bond donors (Lipinski definition) is 1. The molecule has 1 N–H and O–H groups in total. The van der Waals surface area contributed by atoms with Gasteiger partial charge in [0.05, 0.1) is 18.1 Å². The summed E-state index contributed by atoms with van der Waals surface area (Å²) in [5, 5.41) is 10.4. The van der Waals surface area contributed by atoms with Crippen LogP contribution in [0.1, 0.15) is 18.9 Å². The average Bonchev–Trinajstić information content (AvgIpc) is 3.07.